The number of aromatic nitrogens is 2. The van der Waals surface area contributed by atoms with Gasteiger partial charge in [-0.3, -0.25) is 4.68 Å². The number of allylic oxidation sites excluding steroid dienone is 1. The SMILES string of the molecule is CCOC(=O)C1=C(CCCOc2cccc3cc(F)ccc23)c2ccc(Cl)c(-c3c(C(CC)CCC4CCOCC4)nn(C)c3CC)c2C1. The quantitative estimate of drug-likeness (QED) is 0.0976. The summed E-state index contributed by atoms with van der Waals surface area (Å²) in [5.41, 5.74) is 8.20. The standard InChI is InChI=1S/C41H48ClFN2O4/c1-5-27(14-13-26-19-22-47-23-20-26)40-39(36(6-2)45(4)44-40)38-33-25-34(41(46)48-7-3)31(32(33)17-18-35(38)42)11-9-21-49-37-12-8-10-28-24-29(43)15-16-30(28)37/h8,10,12,15-18,24,26-27H,5-7,9,11,13-14,19-23,25H2,1-4H3. The van der Waals surface area contributed by atoms with Gasteiger partial charge >= 0.3 is 5.97 Å². The monoisotopic (exact) mass is 686 g/mol. The van der Waals surface area contributed by atoms with E-state index in [9.17, 15) is 9.18 Å². The molecule has 8 heteroatoms. The first kappa shape index (κ1) is 35.2. The molecule has 0 saturated carbocycles. The number of nitrogens with zero attached hydrogens (tertiary/aromatic N) is 2. The lowest BCUT2D eigenvalue weighted by molar-refractivity contribution is -0.138. The highest BCUT2D eigenvalue weighted by Crippen LogP contribution is 2.48. The van der Waals surface area contributed by atoms with Gasteiger partial charge in [-0.05, 0) is 117 Å². The van der Waals surface area contributed by atoms with Crippen LogP contribution in [-0.2, 0) is 34.2 Å². The molecule has 6 rings (SSSR count). The summed E-state index contributed by atoms with van der Waals surface area (Å²) in [5.74, 6) is 1.16. The molecule has 2 heterocycles. The molecule has 0 N–H and O–H groups in total. The van der Waals surface area contributed by atoms with Gasteiger partial charge in [-0.15, -0.1) is 0 Å². The van der Waals surface area contributed by atoms with Crippen LogP contribution in [0.5, 0.6) is 5.75 Å². The average Bonchev–Trinajstić information content (AvgIpc) is 3.64. The van der Waals surface area contributed by atoms with Crippen molar-refractivity contribution in [2.45, 2.75) is 84.5 Å². The van der Waals surface area contributed by atoms with Crippen molar-refractivity contribution in [3.8, 4) is 16.9 Å². The van der Waals surface area contributed by atoms with Gasteiger partial charge in [0.05, 0.1) is 18.9 Å². The van der Waals surface area contributed by atoms with Gasteiger partial charge in [0.1, 0.15) is 11.6 Å². The molecule has 4 aromatic rings. The van der Waals surface area contributed by atoms with E-state index in [4.69, 9.17) is 30.9 Å². The number of fused-ring (bicyclic) bond motifs is 2. The third kappa shape index (κ3) is 7.44. The van der Waals surface area contributed by atoms with Crippen LogP contribution in [0.25, 0.3) is 27.5 Å². The molecule has 0 bridgehead atoms. The lowest BCUT2D eigenvalue weighted by atomic mass is 9.84. The summed E-state index contributed by atoms with van der Waals surface area (Å²) in [4.78, 5) is 13.5. The molecular formula is C41H48ClFN2O4. The molecule has 6 nitrogen and oxygen atoms in total. The van der Waals surface area contributed by atoms with E-state index in [2.05, 4.69) is 19.9 Å². The van der Waals surface area contributed by atoms with E-state index in [0.717, 1.165) is 107 Å². The Balaban J connectivity index is 1.31. The summed E-state index contributed by atoms with van der Waals surface area (Å²) in [7, 11) is 2.04. The minimum absolute atomic E-state index is 0.271. The van der Waals surface area contributed by atoms with E-state index < -0.39 is 0 Å². The maximum atomic E-state index is 13.8. The van der Waals surface area contributed by atoms with Gasteiger partial charge in [-0.2, -0.15) is 5.10 Å². The molecule has 1 fully saturated rings. The van der Waals surface area contributed by atoms with Crippen LogP contribution in [0.3, 0.4) is 0 Å². The summed E-state index contributed by atoms with van der Waals surface area (Å²) < 4.78 is 33.3. The average molecular weight is 687 g/mol. The van der Waals surface area contributed by atoms with E-state index in [1.165, 1.54) is 12.1 Å². The number of benzene rings is 3. The highest BCUT2D eigenvalue weighted by molar-refractivity contribution is 6.34. The van der Waals surface area contributed by atoms with Gasteiger partial charge in [-0.1, -0.05) is 43.6 Å². The zero-order valence-corrected chi connectivity index (χ0v) is 30.0. The third-order valence-corrected chi connectivity index (χ3v) is 10.7. The first-order chi connectivity index (χ1) is 23.8. The molecule has 0 spiro atoms. The number of aryl methyl sites for hydroxylation is 1. The van der Waals surface area contributed by atoms with Crippen molar-refractivity contribution in [3.63, 3.8) is 0 Å². The van der Waals surface area contributed by atoms with Crippen molar-refractivity contribution in [1.82, 2.24) is 9.78 Å². The van der Waals surface area contributed by atoms with Gasteiger partial charge in [0.2, 0.25) is 0 Å². The molecule has 1 atom stereocenters. The maximum absolute atomic E-state index is 13.8. The molecule has 0 radical (unpaired) electrons. The molecule has 1 aliphatic heterocycles. The van der Waals surface area contributed by atoms with Crippen molar-refractivity contribution in [1.29, 1.82) is 0 Å². The molecular weight excluding hydrogens is 639 g/mol. The Bertz CT molecular complexity index is 1840. The maximum Gasteiger partial charge on any atom is 0.334 e. The fraction of sp³-hybridized carbons (Fsp3) is 0.463. The van der Waals surface area contributed by atoms with Gasteiger partial charge in [0, 0.05) is 65.4 Å². The fourth-order valence-electron chi connectivity index (χ4n) is 7.83. The predicted molar refractivity (Wildman–Crippen MR) is 195 cm³/mol. The molecule has 1 unspecified atom stereocenters. The van der Waals surface area contributed by atoms with E-state index >= 15 is 0 Å². The Hall–Kier alpha value is -3.68. The minimum Gasteiger partial charge on any atom is -0.493 e. The molecule has 2 aliphatic rings. The number of hydrogen-bond acceptors (Lipinski definition) is 5. The summed E-state index contributed by atoms with van der Waals surface area (Å²) in [6, 6.07) is 14.4. The van der Waals surface area contributed by atoms with Crippen molar-refractivity contribution in [2.75, 3.05) is 26.4 Å². The summed E-state index contributed by atoms with van der Waals surface area (Å²) in [6.07, 6.45) is 8.10. The highest BCUT2D eigenvalue weighted by Gasteiger charge is 2.33. The molecule has 0 amide bonds. The van der Waals surface area contributed by atoms with Crippen molar-refractivity contribution < 1.29 is 23.4 Å². The smallest absolute Gasteiger partial charge is 0.334 e. The summed E-state index contributed by atoms with van der Waals surface area (Å²) in [6.45, 7) is 8.74. The van der Waals surface area contributed by atoms with Crippen LogP contribution in [0.2, 0.25) is 5.02 Å². The fourth-order valence-corrected chi connectivity index (χ4v) is 8.11. The molecule has 3 aromatic carbocycles. The van der Waals surface area contributed by atoms with Crippen LogP contribution < -0.4 is 4.74 Å². The van der Waals surface area contributed by atoms with Crippen LogP contribution in [0.15, 0.2) is 54.1 Å². The van der Waals surface area contributed by atoms with Crippen LogP contribution in [0.1, 0.15) is 94.1 Å². The van der Waals surface area contributed by atoms with Crippen LogP contribution >= 0.6 is 11.6 Å². The number of rotatable bonds is 14. The lowest BCUT2D eigenvalue weighted by Gasteiger charge is -2.24. The third-order valence-electron chi connectivity index (χ3n) is 10.4. The molecule has 1 aromatic heterocycles. The largest absolute Gasteiger partial charge is 0.493 e. The number of ether oxygens (including phenoxy) is 3. The van der Waals surface area contributed by atoms with Crippen LogP contribution in [0.4, 0.5) is 4.39 Å². The Labute approximate surface area is 294 Å². The summed E-state index contributed by atoms with van der Waals surface area (Å²) in [5, 5.41) is 7.52. The van der Waals surface area contributed by atoms with E-state index in [1.54, 1.807) is 6.07 Å². The second-order valence-corrected chi connectivity index (χ2v) is 13.7. The summed E-state index contributed by atoms with van der Waals surface area (Å²) >= 11 is 7.16. The first-order valence-corrected chi connectivity index (χ1v) is 18.4. The second-order valence-electron chi connectivity index (χ2n) is 13.3. The van der Waals surface area contributed by atoms with Crippen molar-refractivity contribution in [3.05, 3.63) is 87.5 Å². The Morgan fingerprint density at radius 2 is 1.92 bits per heavy atom. The van der Waals surface area contributed by atoms with Gasteiger partial charge in [-0.25, -0.2) is 9.18 Å². The Morgan fingerprint density at radius 1 is 1.10 bits per heavy atom. The number of halogens is 2. The molecule has 1 aliphatic carbocycles. The minimum atomic E-state index is -0.280. The highest BCUT2D eigenvalue weighted by atomic mass is 35.5. The number of carbonyl (C=O) groups is 1. The van der Waals surface area contributed by atoms with Gasteiger partial charge < -0.3 is 14.2 Å². The molecule has 260 valence electrons. The second kappa shape index (κ2) is 15.9. The first-order valence-electron chi connectivity index (χ1n) is 18.0. The van der Waals surface area contributed by atoms with Crippen molar-refractivity contribution >= 4 is 33.9 Å². The zero-order chi connectivity index (χ0) is 34.5. The lowest BCUT2D eigenvalue weighted by Crippen LogP contribution is -2.16. The van der Waals surface area contributed by atoms with Crippen LogP contribution in [-0.4, -0.2) is 42.2 Å². The van der Waals surface area contributed by atoms with Crippen molar-refractivity contribution in [2.24, 2.45) is 13.0 Å². The Morgan fingerprint density at radius 3 is 2.67 bits per heavy atom. The van der Waals surface area contributed by atoms with E-state index in [1.807, 2.05) is 42.9 Å². The number of hydrogen-bond donors (Lipinski definition) is 0. The number of esters is 1. The predicted octanol–water partition coefficient (Wildman–Crippen LogP) is 10.0. The van der Waals surface area contributed by atoms with Crippen LogP contribution in [0, 0.1) is 11.7 Å². The normalized spacial score (nSPS) is 15.6. The topological polar surface area (TPSA) is 62.6 Å². The van der Waals surface area contributed by atoms with Gasteiger partial charge in [0.25, 0.3) is 0 Å². The molecule has 49 heavy (non-hydrogen) atoms. The zero-order valence-electron chi connectivity index (χ0n) is 29.2. The molecule has 1 saturated heterocycles. The Kier molecular flexibility index (Phi) is 11.4. The van der Waals surface area contributed by atoms with E-state index in [-0.39, 0.29) is 11.8 Å². The van der Waals surface area contributed by atoms with Gasteiger partial charge in [0.15, 0.2) is 0 Å². The van der Waals surface area contributed by atoms with E-state index in [0.29, 0.717) is 54.9 Å². The number of carbonyl (C=O) groups excluding carboxylic acids is 1.